The average molecular weight is 292 g/mol. The number of nitrogens with two attached hydrogens (primary N) is 2. The Morgan fingerprint density at radius 1 is 1.35 bits per heavy atom. The van der Waals surface area contributed by atoms with Crippen molar-refractivity contribution < 1.29 is 9.59 Å². The monoisotopic (exact) mass is 292 g/mol. The maximum absolute atomic E-state index is 12.3. The van der Waals surface area contributed by atoms with E-state index in [0.29, 0.717) is 24.3 Å². The maximum atomic E-state index is 12.3. The van der Waals surface area contributed by atoms with Gasteiger partial charge in [-0.2, -0.15) is 0 Å². The fourth-order valence-electron chi connectivity index (χ4n) is 2.22. The molecule has 0 radical (unpaired) electrons. The molecule has 0 bridgehead atoms. The molecule has 1 atom stereocenters. The van der Waals surface area contributed by atoms with Gasteiger partial charge in [0.05, 0.1) is 5.92 Å². The van der Waals surface area contributed by atoms with Crippen LogP contribution in [0.2, 0.25) is 0 Å². The van der Waals surface area contributed by atoms with Gasteiger partial charge in [-0.3, -0.25) is 14.6 Å². The van der Waals surface area contributed by atoms with Crippen molar-refractivity contribution >= 4 is 29.0 Å². The molecule has 1 aromatic rings. The van der Waals surface area contributed by atoms with Crippen LogP contribution >= 0.6 is 12.2 Å². The minimum Gasteiger partial charge on any atom is -0.389 e. The Morgan fingerprint density at radius 3 is 2.65 bits per heavy atom. The van der Waals surface area contributed by atoms with Crippen molar-refractivity contribution in [3.63, 3.8) is 0 Å². The summed E-state index contributed by atoms with van der Waals surface area (Å²) >= 11 is 4.83. The van der Waals surface area contributed by atoms with E-state index in [2.05, 4.69) is 4.98 Å². The van der Waals surface area contributed by atoms with Gasteiger partial charge in [0.15, 0.2) is 0 Å². The van der Waals surface area contributed by atoms with Gasteiger partial charge >= 0.3 is 0 Å². The van der Waals surface area contributed by atoms with Crippen LogP contribution in [0.1, 0.15) is 28.9 Å². The van der Waals surface area contributed by atoms with Gasteiger partial charge in [-0.05, 0) is 25.0 Å². The molecule has 1 aliphatic rings. The van der Waals surface area contributed by atoms with Crippen LogP contribution in [0.5, 0.6) is 0 Å². The molecular weight excluding hydrogens is 276 g/mol. The smallest absolute Gasteiger partial charge is 0.272 e. The number of hydrogen-bond acceptors (Lipinski definition) is 4. The molecule has 0 aromatic carbocycles. The number of primary amides is 1. The summed E-state index contributed by atoms with van der Waals surface area (Å²) in [6.45, 7) is 0.967. The largest absolute Gasteiger partial charge is 0.389 e. The number of aromatic nitrogens is 1. The standard InChI is InChI=1S/C13H16N4O2S/c14-11(18)9-2-1-5-17(7-9)13(19)10-4-3-8(6-16-10)12(15)20/h3-4,6,9H,1-2,5,7H2,(H2,14,18)(H2,15,20). The first-order valence-electron chi connectivity index (χ1n) is 6.33. The fraction of sp³-hybridized carbons (Fsp3) is 0.385. The predicted octanol–water partition coefficient (Wildman–Crippen LogP) is 0.0533. The van der Waals surface area contributed by atoms with Crippen LogP contribution in [0.25, 0.3) is 0 Å². The Bertz CT molecular complexity index is 544. The average Bonchev–Trinajstić information content (AvgIpc) is 2.46. The number of likely N-dealkylation sites (tertiary alicyclic amines) is 1. The third kappa shape index (κ3) is 3.11. The second kappa shape index (κ2) is 5.96. The molecule has 1 fully saturated rings. The molecule has 0 saturated carbocycles. The summed E-state index contributed by atoms with van der Waals surface area (Å²) in [5.74, 6) is -0.840. The fourth-order valence-corrected chi connectivity index (χ4v) is 2.34. The lowest BCUT2D eigenvalue weighted by atomic mass is 9.97. The molecule has 0 spiro atoms. The summed E-state index contributed by atoms with van der Waals surface area (Å²) in [7, 11) is 0. The topological polar surface area (TPSA) is 102 Å². The Kier molecular flexibility index (Phi) is 4.29. The molecule has 1 aromatic heterocycles. The first kappa shape index (κ1) is 14.4. The van der Waals surface area contributed by atoms with Crippen molar-refractivity contribution in [2.75, 3.05) is 13.1 Å². The van der Waals surface area contributed by atoms with Crippen molar-refractivity contribution in [3.05, 3.63) is 29.6 Å². The molecule has 20 heavy (non-hydrogen) atoms. The van der Waals surface area contributed by atoms with Crippen molar-refractivity contribution in [1.29, 1.82) is 0 Å². The molecule has 6 nitrogen and oxygen atoms in total. The summed E-state index contributed by atoms with van der Waals surface area (Å²) < 4.78 is 0. The zero-order valence-corrected chi connectivity index (χ0v) is 11.7. The molecule has 106 valence electrons. The van der Waals surface area contributed by atoms with Gasteiger partial charge in [0.25, 0.3) is 5.91 Å². The van der Waals surface area contributed by atoms with Gasteiger partial charge in [0.2, 0.25) is 5.91 Å². The molecular formula is C13H16N4O2S. The SMILES string of the molecule is NC(=O)C1CCCN(C(=O)c2ccc(C(N)=S)cn2)C1. The molecule has 4 N–H and O–H groups in total. The van der Waals surface area contributed by atoms with E-state index in [-0.39, 0.29) is 22.7 Å². The van der Waals surface area contributed by atoms with E-state index in [1.54, 1.807) is 17.0 Å². The van der Waals surface area contributed by atoms with Gasteiger partial charge in [0, 0.05) is 24.8 Å². The van der Waals surface area contributed by atoms with Crippen LogP contribution in [0.3, 0.4) is 0 Å². The number of amides is 2. The highest BCUT2D eigenvalue weighted by molar-refractivity contribution is 7.80. The third-order valence-electron chi connectivity index (χ3n) is 3.38. The van der Waals surface area contributed by atoms with E-state index in [4.69, 9.17) is 23.7 Å². The molecule has 1 aliphatic heterocycles. The van der Waals surface area contributed by atoms with Crippen molar-refractivity contribution in [2.45, 2.75) is 12.8 Å². The highest BCUT2D eigenvalue weighted by atomic mass is 32.1. The summed E-state index contributed by atoms with van der Waals surface area (Å²) in [4.78, 5) is 29.4. The second-order valence-electron chi connectivity index (χ2n) is 4.79. The van der Waals surface area contributed by atoms with E-state index < -0.39 is 0 Å². The second-order valence-corrected chi connectivity index (χ2v) is 5.23. The van der Waals surface area contributed by atoms with Gasteiger partial charge in [-0.15, -0.1) is 0 Å². The summed E-state index contributed by atoms with van der Waals surface area (Å²) in [6.07, 6.45) is 2.97. The summed E-state index contributed by atoms with van der Waals surface area (Å²) in [6, 6.07) is 3.25. The summed E-state index contributed by atoms with van der Waals surface area (Å²) in [5, 5.41) is 0. The highest BCUT2D eigenvalue weighted by Gasteiger charge is 2.27. The van der Waals surface area contributed by atoms with Gasteiger partial charge in [-0.25, -0.2) is 0 Å². The van der Waals surface area contributed by atoms with E-state index in [9.17, 15) is 9.59 Å². The number of nitrogens with zero attached hydrogens (tertiary/aromatic N) is 2. The van der Waals surface area contributed by atoms with Crippen molar-refractivity contribution in [2.24, 2.45) is 17.4 Å². The van der Waals surface area contributed by atoms with Crippen LogP contribution in [0.4, 0.5) is 0 Å². The number of carbonyl (C=O) groups is 2. The van der Waals surface area contributed by atoms with Crippen LogP contribution < -0.4 is 11.5 Å². The van der Waals surface area contributed by atoms with E-state index >= 15 is 0 Å². The Hall–Kier alpha value is -2.02. The predicted molar refractivity (Wildman–Crippen MR) is 77.9 cm³/mol. The number of rotatable bonds is 3. The molecule has 2 rings (SSSR count). The normalized spacial score (nSPS) is 18.6. The number of pyridine rings is 1. The highest BCUT2D eigenvalue weighted by Crippen LogP contribution is 2.17. The first-order chi connectivity index (χ1) is 9.49. The van der Waals surface area contributed by atoms with Crippen molar-refractivity contribution in [3.8, 4) is 0 Å². The van der Waals surface area contributed by atoms with E-state index in [1.165, 1.54) is 6.20 Å². The van der Waals surface area contributed by atoms with Crippen LogP contribution in [-0.2, 0) is 4.79 Å². The number of hydrogen-bond donors (Lipinski definition) is 2. The van der Waals surface area contributed by atoms with E-state index in [0.717, 1.165) is 12.8 Å². The quantitative estimate of drug-likeness (QED) is 0.767. The van der Waals surface area contributed by atoms with Crippen LogP contribution in [0, 0.1) is 5.92 Å². The summed E-state index contributed by atoms with van der Waals surface area (Å²) in [5.41, 5.74) is 11.7. The Balaban J connectivity index is 2.10. The lowest BCUT2D eigenvalue weighted by Crippen LogP contribution is -2.44. The molecule has 0 aliphatic carbocycles. The molecule has 2 heterocycles. The van der Waals surface area contributed by atoms with Gasteiger partial charge < -0.3 is 16.4 Å². The lowest BCUT2D eigenvalue weighted by molar-refractivity contribution is -0.123. The van der Waals surface area contributed by atoms with E-state index in [1.807, 2.05) is 0 Å². The zero-order valence-electron chi connectivity index (χ0n) is 10.9. The van der Waals surface area contributed by atoms with Gasteiger partial charge in [-0.1, -0.05) is 12.2 Å². The van der Waals surface area contributed by atoms with Gasteiger partial charge in [0.1, 0.15) is 10.7 Å². The third-order valence-corrected chi connectivity index (χ3v) is 3.61. The lowest BCUT2D eigenvalue weighted by Gasteiger charge is -2.30. The number of thiocarbonyl (C=S) groups is 1. The molecule has 7 heteroatoms. The maximum Gasteiger partial charge on any atom is 0.272 e. The van der Waals surface area contributed by atoms with Crippen LogP contribution in [0.15, 0.2) is 18.3 Å². The Morgan fingerprint density at radius 2 is 2.10 bits per heavy atom. The zero-order chi connectivity index (χ0) is 14.7. The van der Waals surface area contributed by atoms with Crippen molar-refractivity contribution in [1.82, 2.24) is 9.88 Å². The number of piperidine rings is 1. The Labute approximate surface area is 122 Å². The minimum absolute atomic E-state index is 0.203. The molecule has 2 amide bonds. The van der Waals surface area contributed by atoms with Crippen LogP contribution in [-0.4, -0.2) is 39.8 Å². The number of carbonyl (C=O) groups excluding carboxylic acids is 2. The minimum atomic E-state index is -0.362. The molecule has 1 saturated heterocycles. The molecule has 1 unspecified atom stereocenters. The first-order valence-corrected chi connectivity index (χ1v) is 6.74.